The molecule has 2 nitrogen and oxygen atoms in total. The van der Waals surface area contributed by atoms with Gasteiger partial charge in [-0.25, -0.2) is 0 Å². The molecular formula is C19H26N2S. The van der Waals surface area contributed by atoms with Crippen molar-refractivity contribution in [3.05, 3.63) is 52.2 Å². The number of hydrogen-bond donors (Lipinski definition) is 1. The molecule has 0 spiro atoms. The number of rotatable bonds is 6. The molecule has 1 aliphatic rings. The Hall–Kier alpha value is -1.32. The molecule has 0 bridgehead atoms. The first-order valence-electron chi connectivity index (χ1n) is 8.37. The molecule has 3 rings (SSSR count). The molecule has 2 heterocycles. The van der Waals surface area contributed by atoms with Gasteiger partial charge in [0.1, 0.15) is 0 Å². The average Bonchev–Trinajstić information content (AvgIpc) is 3.05. The Bertz CT molecular complexity index is 539. The molecule has 0 atom stereocenters. The molecule has 0 amide bonds. The van der Waals surface area contributed by atoms with Crippen molar-refractivity contribution < 1.29 is 0 Å². The van der Waals surface area contributed by atoms with Crippen LogP contribution in [-0.4, -0.2) is 24.5 Å². The normalized spacial score (nSPS) is 16.8. The zero-order chi connectivity index (χ0) is 15.2. The Morgan fingerprint density at radius 3 is 2.59 bits per heavy atom. The standard InChI is InChI=1S/C19H26N2S/c1-16-9-12-21(13-10-16)15-17-4-6-18(7-5-17)20-11-8-19-3-2-14-22-19/h2-7,14,16,20H,8-13,15H2,1H3. The van der Waals surface area contributed by atoms with Crippen molar-refractivity contribution in [1.29, 1.82) is 0 Å². The van der Waals surface area contributed by atoms with E-state index in [1.807, 2.05) is 11.3 Å². The zero-order valence-electron chi connectivity index (χ0n) is 13.4. The van der Waals surface area contributed by atoms with Crippen molar-refractivity contribution in [2.75, 3.05) is 25.0 Å². The van der Waals surface area contributed by atoms with Crippen molar-refractivity contribution in [3.63, 3.8) is 0 Å². The molecule has 1 aliphatic heterocycles. The molecule has 0 radical (unpaired) electrons. The maximum Gasteiger partial charge on any atom is 0.0340 e. The first-order valence-corrected chi connectivity index (χ1v) is 9.25. The molecular weight excluding hydrogens is 288 g/mol. The molecule has 1 aromatic heterocycles. The van der Waals surface area contributed by atoms with Gasteiger partial charge in [-0.1, -0.05) is 25.1 Å². The molecule has 22 heavy (non-hydrogen) atoms. The van der Waals surface area contributed by atoms with Crippen LogP contribution in [0.25, 0.3) is 0 Å². The van der Waals surface area contributed by atoms with Crippen LogP contribution in [-0.2, 0) is 13.0 Å². The second-order valence-electron chi connectivity index (χ2n) is 6.41. The molecule has 0 aliphatic carbocycles. The van der Waals surface area contributed by atoms with Crippen LogP contribution >= 0.6 is 11.3 Å². The third kappa shape index (κ3) is 4.59. The number of hydrogen-bond acceptors (Lipinski definition) is 3. The van der Waals surface area contributed by atoms with E-state index in [2.05, 4.69) is 58.9 Å². The molecule has 0 saturated carbocycles. The fourth-order valence-electron chi connectivity index (χ4n) is 2.99. The molecule has 1 fully saturated rings. The predicted octanol–water partition coefficient (Wildman–Crippen LogP) is 4.63. The van der Waals surface area contributed by atoms with Gasteiger partial charge in [0.25, 0.3) is 0 Å². The van der Waals surface area contributed by atoms with Crippen LogP contribution in [0.1, 0.15) is 30.2 Å². The van der Waals surface area contributed by atoms with Gasteiger partial charge in [0.2, 0.25) is 0 Å². The van der Waals surface area contributed by atoms with Crippen molar-refractivity contribution in [3.8, 4) is 0 Å². The number of nitrogens with zero attached hydrogens (tertiary/aromatic N) is 1. The van der Waals surface area contributed by atoms with Crippen LogP contribution in [0.4, 0.5) is 5.69 Å². The van der Waals surface area contributed by atoms with Gasteiger partial charge >= 0.3 is 0 Å². The summed E-state index contributed by atoms with van der Waals surface area (Å²) in [7, 11) is 0. The highest BCUT2D eigenvalue weighted by molar-refractivity contribution is 7.09. The minimum absolute atomic E-state index is 0.908. The van der Waals surface area contributed by atoms with E-state index in [9.17, 15) is 0 Å². The first kappa shape index (κ1) is 15.6. The number of likely N-dealkylation sites (tertiary alicyclic amines) is 1. The van der Waals surface area contributed by atoms with Gasteiger partial charge in [0.05, 0.1) is 0 Å². The smallest absolute Gasteiger partial charge is 0.0340 e. The van der Waals surface area contributed by atoms with E-state index >= 15 is 0 Å². The summed E-state index contributed by atoms with van der Waals surface area (Å²) < 4.78 is 0. The van der Waals surface area contributed by atoms with Gasteiger partial charge in [0, 0.05) is 23.7 Å². The maximum atomic E-state index is 3.51. The van der Waals surface area contributed by atoms with Crippen LogP contribution in [0.5, 0.6) is 0 Å². The van der Waals surface area contributed by atoms with E-state index in [1.54, 1.807) is 0 Å². The first-order chi connectivity index (χ1) is 10.8. The van der Waals surface area contributed by atoms with Crippen molar-refractivity contribution in [1.82, 2.24) is 4.90 Å². The highest BCUT2D eigenvalue weighted by atomic mass is 32.1. The summed E-state index contributed by atoms with van der Waals surface area (Å²) in [6.45, 7) is 6.98. The highest BCUT2D eigenvalue weighted by Crippen LogP contribution is 2.19. The Balaban J connectivity index is 1.43. The number of piperidine rings is 1. The second-order valence-corrected chi connectivity index (χ2v) is 7.44. The lowest BCUT2D eigenvalue weighted by atomic mass is 9.99. The van der Waals surface area contributed by atoms with Gasteiger partial charge in [-0.05, 0) is 67.4 Å². The molecule has 3 heteroatoms. The summed E-state index contributed by atoms with van der Waals surface area (Å²) >= 11 is 1.83. The Labute approximate surface area is 138 Å². The largest absolute Gasteiger partial charge is 0.385 e. The van der Waals surface area contributed by atoms with Gasteiger partial charge in [-0.15, -0.1) is 11.3 Å². The maximum absolute atomic E-state index is 3.51. The Morgan fingerprint density at radius 2 is 1.91 bits per heavy atom. The van der Waals surface area contributed by atoms with Crippen LogP contribution in [0.2, 0.25) is 0 Å². The average molecular weight is 314 g/mol. The number of nitrogens with one attached hydrogen (secondary N) is 1. The van der Waals surface area contributed by atoms with Gasteiger partial charge in [0.15, 0.2) is 0 Å². The van der Waals surface area contributed by atoms with E-state index in [4.69, 9.17) is 0 Å². The fraction of sp³-hybridized carbons (Fsp3) is 0.474. The molecule has 0 unspecified atom stereocenters. The third-order valence-corrected chi connectivity index (χ3v) is 5.45. The minimum Gasteiger partial charge on any atom is -0.385 e. The lowest BCUT2D eigenvalue weighted by molar-refractivity contribution is 0.185. The lowest BCUT2D eigenvalue weighted by Crippen LogP contribution is -2.32. The van der Waals surface area contributed by atoms with Crippen molar-refractivity contribution >= 4 is 17.0 Å². The number of benzene rings is 1. The summed E-state index contributed by atoms with van der Waals surface area (Å²) in [5.41, 5.74) is 2.66. The fourth-order valence-corrected chi connectivity index (χ4v) is 3.70. The van der Waals surface area contributed by atoms with Crippen LogP contribution < -0.4 is 5.32 Å². The quantitative estimate of drug-likeness (QED) is 0.836. The summed E-state index contributed by atoms with van der Waals surface area (Å²) in [6, 6.07) is 13.3. The van der Waals surface area contributed by atoms with Gasteiger partial charge < -0.3 is 5.32 Å². The molecule has 2 aromatic rings. The molecule has 1 N–H and O–H groups in total. The molecule has 1 aromatic carbocycles. The van der Waals surface area contributed by atoms with E-state index < -0.39 is 0 Å². The SMILES string of the molecule is CC1CCN(Cc2ccc(NCCc3cccs3)cc2)CC1. The van der Waals surface area contributed by atoms with Crippen LogP contribution in [0.3, 0.4) is 0 Å². The minimum atomic E-state index is 0.908. The Kier molecular flexibility index (Phi) is 5.52. The Morgan fingerprint density at radius 1 is 1.14 bits per heavy atom. The molecule has 1 saturated heterocycles. The molecule has 118 valence electrons. The zero-order valence-corrected chi connectivity index (χ0v) is 14.2. The van der Waals surface area contributed by atoms with E-state index in [0.717, 1.165) is 25.4 Å². The third-order valence-electron chi connectivity index (χ3n) is 4.52. The van der Waals surface area contributed by atoms with Crippen molar-refractivity contribution in [2.24, 2.45) is 5.92 Å². The second kappa shape index (κ2) is 7.80. The van der Waals surface area contributed by atoms with E-state index in [0.29, 0.717) is 0 Å². The number of thiophene rings is 1. The monoisotopic (exact) mass is 314 g/mol. The number of anilines is 1. The highest BCUT2D eigenvalue weighted by Gasteiger charge is 2.15. The van der Waals surface area contributed by atoms with Gasteiger partial charge in [-0.3, -0.25) is 4.90 Å². The summed E-state index contributed by atoms with van der Waals surface area (Å²) in [6.07, 6.45) is 3.80. The van der Waals surface area contributed by atoms with Crippen molar-refractivity contribution in [2.45, 2.75) is 32.7 Å². The summed E-state index contributed by atoms with van der Waals surface area (Å²) in [4.78, 5) is 4.03. The van der Waals surface area contributed by atoms with E-state index in [-0.39, 0.29) is 0 Å². The summed E-state index contributed by atoms with van der Waals surface area (Å²) in [5.74, 6) is 0.908. The van der Waals surface area contributed by atoms with E-state index in [1.165, 1.54) is 42.1 Å². The van der Waals surface area contributed by atoms with Crippen LogP contribution in [0, 0.1) is 5.92 Å². The van der Waals surface area contributed by atoms with Gasteiger partial charge in [-0.2, -0.15) is 0 Å². The summed E-state index contributed by atoms with van der Waals surface area (Å²) in [5, 5.41) is 5.66. The lowest BCUT2D eigenvalue weighted by Gasteiger charge is -2.30. The topological polar surface area (TPSA) is 15.3 Å². The van der Waals surface area contributed by atoms with Crippen LogP contribution in [0.15, 0.2) is 41.8 Å². The predicted molar refractivity (Wildman–Crippen MR) is 96.6 cm³/mol.